The molecule has 8 heteroatoms. The van der Waals surface area contributed by atoms with Crippen LogP contribution in [0, 0.1) is 0 Å². The maximum absolute atomic E-state index is 6.52. The summed E-state index contributed by atoms with van der Waals surface area (Å²) in [5.74, 6) is 3.62. The number of rotatable bonds is 4. The molecule has 0 atom stereocenters. The number of ether oxygens (including phenoxy) is 2. The zero-order valence-corrected chi connectivity index (χ0v) is 30.4. The second-order valence-electron chi connectivity index (χ2n) is 13.8. The van der Waals surface area contributed by atoms with Gasteiger partial charge in [0.25, 0.3) is 0 Å². The first-order valence-corrected chi connectivity index (χ1v) is 19.2. The molecule has 56 heavy (non-hydrogen) atoms. The quantitative estimate of drug-likeness (QED) is 0.178. The summed E-state index contributed by atoms with van der Waals surface area (Å²) in [7, 11) is 0. The normalized spacial score (nSPS) is 12.9. The van der Waals surface area contributed by atoms with Crippen molar-refractivity contribution in [3.8, 4) is 45.0 Å². The van der Waals surface area contributed by atoms with Crippen molar-refractivity contribution < 1.29 is 13.9 Å². The predicted molar refractivity (Wildman–Crippen MR) is 225 cm³/mol. The molecule has 0 spiro atoms. The Labute approximate surface area is 324 Å². The number of nitrogens with zero attached hydrogens (tertiary/aromatic N) is 4. The highest BCUT2D eigenvalue weighted by Gasteiger charge is 2.31. The zero-order chi connectivity index (χ0) is 36.7. The molecule has 0 fully saturated rings. The fraction of sp³-hybridized carbons (Fsp3) is 0. The van der Waals surface area contributed by atoms with Gasteiger partial charge in [0, 0.05) is 21.9 Å². The van der Waals surface area contributed by atoms with Gasteiger partial charge in [-0.1, -0.05) is 72.8 Å². The molecular formula is C48H28N4O3S. The first-order chi connectivity index (χ1) is 27.7. The number of anilines is 6. The molecule has 0 saturated carbocycles. The molecule has 7 nitrogen and oxygen atoms in total. The third-order valence-electron chi connectivity index (χ3n) is 10.5. The molecule has 0 N–H and O–H groups in total. The summed E-state index contributed by atoms with van der Waals surface area (Å²) >= 11 is 1.69. The highest BCUT2D eigenvalue weighted by atomic mass is 32.1. The van der Waals surface area contributed by atoms with E-state index >= 15 is 0 Å². The van der Waals surface area contributed by atoms with E-state index in [0.29, 0.717) is 5.89 Å². The molecule has 0 bridgehead atoms. The number of para-hydroxylation sites is 11. The Morgan fingerprint density at radius 3 is 1.43 bits per heavy atom. The smallest absolute Gasteiger partial charge is 0.227 e. The third-order valence-corrected chi connectivity index (χ3v) is 11.5. The Kier molecular flexibility index (Phi) is 6.66. The molecule has 0 aliphatic carbocycles. The van der Waals surface area contributed by atoms with Crippen molar-refractivity contribution in [2.45, 2.75) is 0 Å². The highest BCUT2D eigenvalue weighted by Crippen LogP contribution is 2.56. The van der Waals surface area contributed by atoms with Gasteiger partial charge in [0.15, 0.2) is 28.6 Å². The number of thiazole rings is 1. The Balaban J connectivity index is 1.23. The zero-order valence-electron chi connectivity index (χ0n) is 29.6. The van der Waals surface area contributed by atoms with Crippen LogP contribution in [0.2, 0.25) is 0 Å². The summed E-state index contributed by atoms with van der Waals surface area (Å²) in [6.45, 7) is 0. The lowest BCUT2D eigenvalue weighted by atomic mass is 9.96. The minimum atomic E-state index is 0.535. The van der Waals surface area contributed by atoms with E-state index in [0.717, 1.165) is 105 Å². The van der Waals surface area contributed by atoms with Crippen LogP contribution in [0.3, 0.4) is 0 Å². The molecule has 8 aromatic carbocycles. The average molecular weight is 741 g/mol. The second kappa shape index (κ2) is 12.0. The molecule has 0 saturated heterocycles. The fourth-order valence-electron chi connectivity index (χ4n) is 7.96. The summed E-state index contributed by atoms with van der Waals surface area (Å²) in [5.41, 5.74) is 9.98. The molecular weight excluding hydrogens is 713 g/mol. The molecule has 10 aromatic rings. The van der Waals surface area contributed by atoms with E-state index < -0.39 is 0 Å². The maximum Gasteiger partial charge on any atom is 0.227 e. The Morgan fingerprint density at radius 2 is 0.875 bits per heavy atom. The number of benzene rings is 8. The first-order valence-electron chi connectivity index (χ1n) is 18.4. The van der Waals surface area contributed by atoms with Gasteiger partial charge in [0.2, 0.25) is 5.89 Å². The van der Waals surface area contributed by atoms with Crippen molar-refractivity contribution in [2.75, 3.05) is 9.80 Å². The van der Waals surface area contributed by atoms with Gasteiger partial charge < -0.3 is 23.7 Å². The van der Waals surface area contributed by atoms with Crippen molar-refractivity contribution >= 4 is 77.5 Å². The van der Waals surface area contributed by atoms with Gasteiger partial charge >= 0.3 is 0 Å². The van der Waals surface area contributed by atoms with E-state index in [1.165, 1.54) is 0 Å². The lowest BCUT2D eigenvalue weighted by molar-refractivity contribution is 0.477. The predicted octanol–water partition coefficient (Wildman–Crippen LogP) is 14.1. The van der Waals surface area contributed by atoms with Crippen molar-refractivity contribution in [3.05, 3.63) is 170 Å². The van der Waals surface area contributed by atoms with Crippen molar-refractivity contribution in [2.24, 2.45) is 0 Å². The molecule has 0 amide bonds. The molecule has 0 unspecified atom stereocenters. The number of hydrogen-bond donors (Lipinski definition) is 0. The van der Waals surface area contributed by atoms with Gasteiger partial charge in [-0.05, 0) is 97.1 Å². The molecule has 12 rings (SSSR count). The summed E-state index contributed by atoms with van der Waals surface area (Å²) < 4.78 is 20.7. The molecule has 2 aliphatic heterocycles. The average Bonchev–Trinajstić information content (AvgIpc) is 3.89. The van der Waals surface area contributed by atoms with E-state index in [4.69, 9.17) is 23.9 Å². The fourth-order valence-corrected chi connectivity index (χ4v) is 8.91. The van der Waals surface area contributed by atoms with Gasteiger partial charge in [-0.15, -0.1) is 11.3 Å². The van der Waals surface area contributed by atoms with Crippen LogP contribution in [0.4, 0.5) is 34.1 Å². The van der Waals surface area contributed by atoms with Crippen LogP contribution >= 0.6 is 11.3 Å². The highest BCUT2D eigenvalue weighted by molar-refractivity contribution is 7.21. The van der Waals surface area contributed by atoms with Crippen molar-refractivity contribution in [1.82, 2.24) is 9.97 Å². The minimum absolute atomic E-state index is 0.535. The van der Waals surface area contributed by atoms with Crippen LogP contribution in [0.15, 0.2) is 174 Å². The Bertz CT molecular complexity index is 2830. The van der Waals surface area contributed by atoms with E-state index in [1.54, 1.807) is 11.3 Å². The molecule has 2 aromatic heterocycles. The lowest BCUT2D eigenvalue weighted by Crippen LogP contribution is -2.18. The molecule has 264 valence electrons. The Hall–Kier alpha value is -7.42. The molecule has 0 radical (unpaired) electrons. The summed E-state index contributed by atoms with van der Waals surface area (Å²) in [6, 6.07) is 57.9. The van der Waals surface area contributed by atoms with Crippen LogP contribution in [0.1, 0.15) is 0 Å². The number of hydrogen-bond acceptors (Lipinski definition) is 8. The largest absolute Gasteiger partial charge is 0.453 e. The summed E-state index contributed by atoms with van der Waals surface area (Å²) in [5, 5.41) is 2.95. The van der Waals surface area contributed by atoms with Crippen LogP contribution in [0.25, 0.3) is 54.1 Å². The topological polar surface area (TPSA) is 63.9 Å². The number of aromatic nitrogens is 2. The standard InChI is InChI=1S/C48H28N4O3S/c1-7-19-41-33(13-1)49-47(55-41)29-25-31-32(39(27-29)51-35-15-3-8-20-42(35)53-43-21-9-4-16-36(43)51)26-30(48-50-34-14-2-12-24-46(34)56-48)28-40(31)52-37-17-5-10-22-44(37)54-45-23-11-6-18-38(45)52/h1-28H. The first kappa shape index (κ1) is 31.0. The SMILES string of the molecule is c1ccc2c(c1)Oc1ccccc1N2c1cc(-c2nc3ccccc3s2)cc2c(N3c4ccccc4Oc4ccccc43)cc(-c3nc4ccccc4o3)cc12. The second-order valence-corrected chi connectivity index (χ2v) is 14.8. The van der Waals surface area contributed by atoms with Gasteiger partial charge in [0.05, 0.1) is 44.3 Å². The van der Waals surface area contributed by atoms with Crippen LogP contribution in [0.5, 0.6) is 23.0 Å². The molecule has 2 aliphatic rings. The third kappa shape index (κ3) is 4.76. The summed E-state index contributed by atoms with van der Waals surface area (Å²) in [6.07, 6.45) is 0. The van der Waals surface area contributed by atoms with Crippen molar-refractivity contribution in [3.63, 3.8) is 0 Å². The van der Waals surface area contributed by atoms with Gasteiger partial charge in [-0.3, -0.25) is 0 Å². The van der Waals surface area contributed by atoms with E-state index in [1.807, 2.05) is 78.9 Å². The molecule has 4 heterocycles. The van der Waals surface area contributed by atoms with Crippen LogP contribution in [-0.4, -0.2) is 9.97 Å². The van der Waals surface area contributed by atoms with Gasteiger partial charge in [-0.25, -0.2) is 9.97 Å². The van der Waals surface area contributed by atoms with Crippen LogP contribution < -0.4 is 19.3 Å². The number of fused-ring (bicyclic) bond motifs is 7. The minimum Gasteiger partial charge on any atom is -0.453 e. The van der Waals surface area contributed by atoms with Crippen LogP contribution in [-0.2, 0) is 0 Å². The Morgan fingerprint density at radius 1 is 0.411 bits per heavy atom. The summed E-state index contributed by atoms with van der Waals surface area (Å²) in [4.78, 5) is 14.8. The van der Waals surface area contributed by atoms with Gasteiger partial charge in [-0.2, -0.15) is 0 Å². The van der Waals surface area contributed by atoms with E-state index in [9.17, 15) is 0 Å². The lowest BCUT2D eigenvalue weighted by Gasteiger charge is -2.36. The number of oxazole rings is 1. The van der Waals surface area contributed by atoms with E-state index in [-0.39, 0.29) is 0 Å². The van der Waals surface area contributed by atoms with E-state index in [2.05, 4.69) is 101 Å². The monoisotopic (exact) mass is 740 g/mol. The maximum atomic E-state index is 6.52. The van der Waals surface area contributed by atoms with Gasteiger partial charge in [0.1, 0.15) is 10.5 Å². The van der Waals surface area contributed by atoms with Crippen molar-refractivity contribution in [1.29, 1.82) is 0 Å².